The maximum Gasteiger partial charge on any atom is 0.266 e. The Labute approximate surface area is 142 Å². The summed E-state index contributed by atoms with van der Waals surface area (Å²) in [5.41, 5.74) is 1.49. The lowest BCUT2D eigenvalue weighted by Crippen LogP contribution is -2.14. The Morgan fingerprint density at radius 2 is 1.91 bits per heavy atom. The molecule has 0 fully saturated rings. The topological polar surface area (TPSA) is 62.1 Å². The third kappa shape index (κ3) is 4.09. The van der Waals surface area contributed by atoms with Crippen LogP contribution in [0.4, 0.5) is 5.69 Å². The van der Waals surface area contributed by atoms with Crippen LogP contribution in [0.15, 0.2) is 54.1 Å². The van der Waals surface area contributed by atoms with Gasteiger partial charge in [0.15, 0.2) is 0 Å². The van der Waals surface area contributed by atoms with Gasteiger partial charge in [-0.2, -0.15) is 5.26 Å². The van der Waals surface area contributed by atoms with Crippen LogP contribution < -0.4 is 10.1 Å². The highest BCUT2D eigenvalue weighted by atomic mass is 127. The molecule has 0 bridgehead atoms. The number of rotatable bonds is 4. The molecule has 0 atom stereocenters. The van der Waals surface area contributed by atoms with E-state index in [9.17, 15) is 10.1 Å². The molecule has 2 rings (SSSR count). The Bertz CT molecular complexity index is 746. The minimum atomic E-state index is -0.428. The van der Waals surface area contributed by atoms with Gasteiger partial charge in [-0.1, -0.05) is 24.3 Å². The van der Waals surface area contributed by atoms with Crippen molar-refractivity contribution in [1.82, 2.24) is 0 Å². The van der Waals surface area contributed by atoms with Crippen molar-refractivity contribution >= 4 is 40.3 Å². The highest BCUT2D eigenvalue weighted by molar-refractivity contribution is 14.1. The first-order valence-corrected chi connectivity index (χ1v) is 7.53. The van der Waals surface area contributed by atoms with Crippen molar-refractivity contribution in [2.75, 3.05) is 12.4 Å². The van der Waals surface area contributed by atoms with E-state index in [0.717, 1.165) is 14.9 Å². The van der Waals surface area contributed by atoms with Gasteiger partial charge in [0.1, 0.15) is 17.4 Å². The van der Waals surface area contributed by atoms with Gasteiger partial charge >= 0.3 is 0 Å². The number of para-hydroxylation sites is 1. The van der Waals surface area contributed by atoms with Crippen molar-refractivity contribution in [3.8, 4) is 11.8 Å². The number of carbonyl (C=O) groups excluding carboxylic acids is 1. The minimum absolute atomic E-state index is 0.0461. The highest BCUT2D eigenvalue weighted by Gasteiger charge is 2.10. The number of nitrogens with one attached hydrogen (secondary N) is 1. The summed E-state index contributed by atoms with van der Waals surface area (Å²) in [5.74, 6) is 0.293. The van der Waals surface area contributed by atoms with Crippen molar-refractivity contribution in [1.29, 1.82) is 5.26 Å². The van der Waals surface area contributed by atoms with E-state index in [1.807, 2.05) is 24.3 Å². The van der Waals surface area contributed by atoms with Crippen molar-refractivity contribution in [3.63, 3.8) is 0 Å². The molecule has 1 amide bonds. The smallest absolute Gasteiger partial charge is 0.266 e. The Kier molecular flexibility index (Phi) is 5.55. The summed E-state index contributed by atoms with van der Waals surface area (Å²) in [6.45, 7) is 0. The van der Waals surface area contributed by atoms with Crippen LogP contribution in [0.5, 0.6) is 5.75 Å². The summed E-state index contributed by atoms with van der Waals surface area (Å²) in [5, 5.41) is 11.9. The molecule has 0 aliphatic heterocycles. The molecule has 4 nitrogen and oxygen atoms in total. The Balaban J connectivity index is 2.20. The van der Waals surface area contributed by atoms with Gasteiger partial charge in [0.2, 0.25) is 0 Å². The molecule has 0 aliphatic rings. The molecular formula is C17H13IN2O2. The fraction of sp³-hybridized carbons (Fsp3) is 0.0588. The van der Waals surface area contributed by atoms with Gasteiger partial charge in [-0.05, 0) is 58.5 Å². The van der Waals surface area contributed by atoms with E-state index >= 15 is 0 Å². The molecular weight excluding hydrogens is 391 g/mol. The number of nitriles is 1. The SMILES string of the molecule is COc1ccc(C=C(C#N)C(=O)Nc2ccccc2I)cc1. The van der Waals surface area contributed by atoms with Crippen LogP contribution >= 0.6 is 22.6 Å². The summed E-state index contributed by atoms with van der Waals surface area (Å²) in [7, 11) is 1.58. The quantitative estimate of drug-likeness (QED) is 0.479. The van der Waals surface area contributed by atoms with Crippen LogP contribution in [0, 0.1) is 14.9 Å². The molecule has 0 spiro atoms. The number of nitrogens with zero attached hydrogens (tertiary/aromatic N) is 1. The van der Waals surface area contributed by atoms with E-state index in [1.54, 1.807) is 43.5 Å². The summed E-state index contributed by atoms with van der Waals surface area (Å²) < 4.78 is 5.99. The standard InChI is InChI=1S/C17H13IN2O2/c1-22-14-8-6-12(7-9-14)10-13(11-19)17(21)20-16-5-3-2-4-15(16)18/h2-10H,1H3,(H,20,21). The zero-order valence-electron chi connectivity index (χ0n) is 11.8. The number of hydrogen-bond acceptors (Lipinski definition) is 3. The molecule has 22 heavy (non-hydrogen) atoms. The molecule has 0 aliphatic carbocycles. The summed E-state index contributed by atoms with van der Waals surface area (Å²) in [6.07, 6.45) is 1.55. The largest absolute Gasteiger partial charge is 0.497 e. The molecule has 110 valence electrons. The predicted octanol–water partition coefficient (Wildman–Crippen LogP) is 3.85. The van der Waals surface area contributed by atoms with E-state index in [-0.39, 0.29) is 5.57 Å². The van der Waals surface area contributed by atoms with Gasteiger partial charge in [-0.25, -0.2) is 0 Å². The minimum Gasteiger partial charge on any atom is -0.497 e. The molecule has 0 heterocycles. The van der Waals surface area contributed by atoms with E-state index in [2.05, 4.69) is 27.9 Å². The van der Waals surface area contributed by atoms with Crippen LogP contribution in [-0.4, -0.2) is 13.0 Å². The van der Waals surface area contributed by atoms with Crippen molar-refractivity contribution in [2.45, 2.75) is 0 Å². The molecule has 1 N–H and O–H groups in total. The lowest BCUT2D eigenvalue weighted by Gasteiger charge is -2.06. The van der Waals surface area contributed by atoms with Crippen molar-refractivity contribution in [3.05, 3.63) is 63.2 Å². The number of hydrogen-bond donors (Lipinski definition) is 1. The van der Waals surface area contributed by atoms with Crippen LogP contribution in [0.3, 0.4) is 0 Å². The first-order valence-electron chi connectivity index (χ1n) is 6.46. The second-order valence-corrected chi connectivity index (χ2v) is 5.54. The highest BCUT2D eigenvalue weighted by Crippen LogP contribution is 2.19. The van der Waals surface area contributed by atoms with E-state index in [4.69, 9.17) is 4.74 Å². The molecule has 0 saturated carbocycles. The average molecular weight is 404 g/mol. The van der Waals surface area contributed by atoms with E-state index < -0.39 is 5.91 Å². The predicted molar refractivity (Wildman–Crippen MR) is 94.4 cm³/mol. The van der Waals surface area contributed by atoms with Gasteiger partial charge < -0.3 is 10.1 Å². The van der Waals surface area contributed by atoms with Crippen LogP contribution in [-0.2, 0) is 4.79 Å². The molecule has 2 aromatic rings. The van der Waals surface area contributed by atoms with Crippen LogP contribution in [0.2, 0.25) is 0 Å². The Morgan fingerprint density at radius 1 is 1.23 bits per heavy atom. The lowest BCUT2D eigenvalue weighted by molar-refractivity contribution is -0.112. The number of methoxy groups -OCH3 is 1. The Morgan fingerprint density at radius 3 is 2.50 bits per heavy atom. The maximum absolute atomic E-state index is 12.2. The second-order valence-electron chi connectivity index (χ2n) is 4.38. The molecule has 5 heteroatoms. The monoisotopic (exact) mass is 404 g/mol. The summed E-state index contributed by atoms with van der Waals surface area (Å²) >= 11 is 2.13. The molecule has 0 unspecified atom stereocenters. The third-order valence-electron chi connectivity index (χ3n) is 2.91. The summed E-state index contributed by atoms with van der Waals surface area (Å²) in [4.78, 5) is 12.2. The van der Waals surface area contributed by atoms with Gasteiger partial charge in [0.25, 0.3) is 5.91 Å². The molecule has 0 saturated heterocycles. The van der Waals surface area contributed by atoms with Crippen LogP contribution in [0.1, 0.15) is 5.56 Å². The molecule has 0 radical (unpaired) electrons. The average Bonchev–Trinajstić information content (AvgIpc) is 2.55. The number of amides is 1. The number of anilines is 1. The van der Waals surface area contributed by atoms with Crippen molar-refractivity contribution in [2.24, 2.45) is 0 Å². The lowest BCUT2D eigenvalue weighted by atomic mass is 10.1. The van der Waals surface area contributed by atoms with Crippen molar-refractivity contribution < 1.29 is 9.53 Å². The number of benzene rings is 2. The third-order valence-corrected chi connectivity index (χ3v) is 3.85. The first kappa shape index (κ1) is 16.0. The number of ether oxygens (including phenoxy) is 1. The normalized spacial score (nSPS) is 10.7. The van der Waals surface area contributed by atoms with Gasteiger partial charge in [0.05, 0.1) is 12.8 Å². The molecule has 2 aromatic carbocycles. The van der Waals surface area contributed by atoms with Gasteiger partial charge in [-0.15, -0.1) is 0 Å². The Hall–Kier alpha value is -2.33. The zero-order valence-corrected chi connectivity index (χ0v) is 14.0. The molecule has 0 aromatic heterocycles. The van der Waals surface area contributed by atoms with Gasteiger partial charge in [0, 0.05) is 3.57 Å². The van der Waals surface area contributed by atoms with Gasteiger partial charge in [-0.3, -0.25) is 4.79 Å². The first-order chi connectivity index (χ1) is 10.6. The summed E-state index contributed by atoms with van der Waals surface area (Å²) in [6, 6.07) is 16.5. The van der Waals surface area contributed by atoms with E-state index in [0.29, 0.717) is 5.69 Å². The fourth-order valence-electron chi connectivity index (χ4n) is 1.77. The van der Waals surface area contributed by atoms with Crippen LogP contribution in [0.25, 0.3) is 6.08 Å². The van der Waals surface area contributed by atoms with E-state index in [1.165, 1.54) is 0 Å². The second kappa shape index (κ2) is 7.61. The number of carbonyl (C=O) groups is 1. The zero-order chi connectivity index (χ0) is 15.9. The number of halogens is 1. The maximum atomic E-state index is 12.2. The fourth-order valence-corrected chi connectivity index (χ4v) is 2.29.